The number of allylic oxidation sites excluding steroid dienone is 3. The van der Waals surface area contributed by atoms with Crippen LogP contribution in [0.5, 0.6) is 0 Å². The van der Waals surface area contributed by atoms with Crippen molar-refractivity contribution in [2.45, 2.75) is 73.1 Å². The van der Waals surface area contributed by atoms with Gasteiger partial charge < -0.3 is 0 Å². The Bertz CT molecular complexity index is 812. The van der Waals surface area contributed by atoms with Crippen molar-refractivity contribution in [1.82, 2.24) is 4.98 Å². The van der Waals surface area contributed by atoms with Gasteiger partial charge in [-0.1, -0.05) is 54.5 Å². The standard InChI is InChI=1S/C23H33N3S/c1-21(2,3)19-9-8-17(26-19)13-22(4,5)16-12-18(25-15-16)14-23(6,7)20-24-10-11-27-20/h8,10-12H,9,13-15H2,1-7H3. The molecule has 0 atom stereocenters. The molecule has 0 aromatic carbocycles. The molecule has 3 rings (SSSR count). The van der Waals surface area contributed by atoms with E-state index >= 15 is 0 Å². The molecule has 0 aliphatic carbocycles. The van der Waals surface area contributed by atoms with Gasteiger partial charge in [-0.2, -0.15) is 0 Å². The Morgan fingerprint density at radius 2 is 1.74 bits per heavy atom. The van der Waals surface area contributed by atoms with E-state index in [1.54, 1.807) is 11.3 Å². The summed E-state index contributed by atoms with van der Waals surface area (Å²) in [6.45, 7) is 16.7. The molecule has 2 aliphatic rings. The summed E-state index contributed by atoms with van der Waals surface area (Å²) in [6.07, 6.45) is 9.46. The van der Waals surface area contributed by atoms with Crippen molar-refractivity contribution in [2.24, 2.45) is 20.8 Å². The van der Waals surface area contributed by atoms with Crippen LogP contribution < -0.4 is 0 Å². The third kappa shape index (κ3) is 4.66. The van der Waals surface area contributed by atoms with Crippen LogP contribution in [0.3, 0.4) is 0 Å². The lowest BCUT2D eigenvalue weighted by Gasteiger charge is -2.26. The van der Waals surface area contributed by atoms with Crippen molar-refractivity contribution in [3.63, 3.8) is 0 Å². The molecule has 0 saturated carbocycles. The van der Waals surface area contributed by atoms with E-state index in [9.17, 15) is 0 Å². The molecule has 0 spiro atoms. The smallest absolute Gasteiger partial charge is 0.0985 e. The number of aromatic nitrogens is 1. The van der Waals surface area contributed by atoms with E-state index in [1.165, 1.54) is 27.7 Å². The number of nitrogens with zero attached hydrogens (tertiary/aromatic N) is 3. The lowest BCUT2D eigenvalue weighted by Crippen LogP contribution is -2.20. The van der Waals surface area contributed by atoms with E-state index in [0.29, 0.717) is 0 Å². The Morgan fingerprint density at radius 1 is 1.00 bits per heavy atom. The Labute approximate surface area is 168 Å². The van der Waals surface area contributed by atoms with E-state index in [1.807, 2.05) is 6.20 Å². The van der Waals surface area contributed by atoms with Crippen LogP contribution in [0.1, 0.15) is 72.7 Å². The van der Waals surface area contributed by atoms with Crippen molar-refractivity contribution in [2.75, 3.05) is 6.54 Å². The Balaban J connectivity index is 1.67. The monoisotopic (exact) mass is 383 g/mol. The number of rotatable bonds is 6. The van der Waals surface area contributed by atoms with Crippen LogP contribution in [0.2, 0.25) is 0 Å². The molecule has 2 aliphatic heterocycles. The molecule has 3 heterocycles. The summed E-state index contributed by atoms with van der Waals surface area (Å²) >= 11 is 1.73. The predicted octanol–water partition coefficient (Wildman–Crippen LogP) is 6.38. The molecule has 1 aromatic heterocycles. The molecule has 0 bridgehead atoms. The van der Waals surface area contributed by atoms with Gasteiger partial charge in [-0.05, 0) is 23.5 Å². The fraction of sp³-hybridized carbons (Fsp3) is 0.609. The largest absolute Gasteiger partial charge is 0.285 e. The molecule has 0 unspecified atom stereocenters. The van der Waals surface area contributed by atoms with Gasteiger partial charge in [-0.3, -0.25) is 9.98 Å². The Morgan fingerprint density at radius 3 is 2.33 bits per heavy atom. The highest BCUT2D eigenvalue weighted by Crippen LogP contribution is 2.39. The first-order valence-corrected chi connectivity index (χ1v) is 10.8. The molecule has 27 heavy (non-hydrogen) atoms. The summed E-state index contributed by atoms with van der Waals surface area (Å²) in [7, 11) is 0. The molecular weight excluding hydrogens is 350 g/mol. The minimum absolute atomic E-state index is 0.0307. The van der Waals surface area contributed by atoms with Crippen molar-refractivity contribution in [3.8, 4) is 0 Å². The molecular formula is C23H33N3S. The lowest BCUT2D eigenvalue weighted by atomic mass is 9.79. The zero-order chi connectivity index (χ0) is 19.9. The van der Waals surface area contributed by atoms with Gasteiger partial charge in [0, 0.05) is 52.4 Å². The minimum Gasteiger partial charge on any atom is -0.285 e. The van der Waals surface area contributed by atoms with Crippen LogP contribution in [-0.2, 0) is 5.41 Å². The fourth-order valence-corrected chi connectivity index (χ4v) is 4.48. The van der Waals surface area contributed by atoms with Crippen molar-refractivity contribution in [3.05, 3.63) is 40.0 Å². The maximum atomic E-state index is 4.93. The van der Waals surface area contributed by atoms with Gasteiger partial charge in [0.1, 0.15) is 0 Å². The van der Waals surface area contributed by atoms with E-state index in [2.05, 4.69) is 71.0 Å². The first kappa shape index (κ1) is 20.2. The first-order valence-electron chi connectivity index (χ1n) is 9.89. The maximum absolute atomic E-state index is 4.93. The highest BCUT2D eigenvalue weighted by Gasteiger charge is 2.32. The van der Waals surface area contributed by atoms with Gasteiger partial charge in [0.2, 0.25) is 0 Å². The van der Waals surface area contributed by atoms with Gasteiger partial charge in [0.05, 0.1) is 11.6 Å². The summed E-state index contributed by atoms with van der Waals surface area (Å²) < 4.78 is 0. The molecule has 146 valence electrons. The third-order valence-corrected chi connectivity index (χ3v) is 6.73. The highest BCUT2D eigenvalue weighted by molar-refractivity contribution is 7.09. The van der Waals surface area contributed by atoms with Gasteiger partial charge >= 0.3 is 0 Å². The number of thiazole rings is 1. The van der Waals surface area contributed by atoms with Crippen molar-refractivity contribution >= 4 is 22.8 Å². The molecule has 1 aromatic rings. The fourth-order valence-electron chi connectivity index (χ4n) is 3.71. The summed E-state index contributed by atoms with van der Waals surface area (Å²) in [5.41, 5.74) is 5.44. The third-order valence-electron chi connectivity index (χ3n) is 5.60. The topological polar surface area (TPSA) is 37.6 Å². The molecule has 0 N–H and O–H groups in total. The van der Waals surface area contributed by atoms with Crippen molar-refractivity contribution in [1.29, 1.82) is 0 Å². The van der Waals surface area contributed by atoms with Crippen molar-refractivity contribution < 1.29 is 0 Å². The second-order valence-electron chi connectivity index (χ2n) is 10.1. The van der Waals surface area contributed by atoms with Crippen LogP contribution in [0.4, 0.5) is 0 Å². The molecule has 4 heteroatoms. The summed E-state index contributed by atoms with van der Waals surface area (Å²) in [5, 5.41) is 3.24. The highest BCUT2D eigenvalue weighted by atomic mass is 32.1. The molecule has 0 saturated heterocycles. The SMILES string of the molecule is CC(C)(C)C1=NC(CC(C)(C)C2=CC(CC(C)(C)c3nccs3)=NC2)=CC1. The van der Waals surface area contributed by atoms with E-state index in [4.69, 9.17) is 9.98 Å². The predicted molar refractivity (Wildman–Crippen MR) is 118 cm³/mol. The van der Waals surface area contributed by atoms with Gasteiger partial charge in [-0.15, -0.1) is 11.3 Å². The quantitative estimate of drug-likeness (QED) is 0.561. The Hall–Kier alpha value is -1.55. The van der Waals surface area contributed by atoms with Crippen LogP contribution in [0.15, 0.2) is 45.0 Å². The zero-order valence-electron chi connectivity index (χ0n) is 17.9. The summed E-state index contributed by atoms with van der Waals surface area (Å²) in [6, 6.07) is 0. The average Bonchev–Trinajstić information content (AvgIpc) is 3.27. The molecule has 0 fully saturated rings. The van der Waals surface area contributed by atoms with Crippen LogP contribution in [0, 0.1) is 10.8 Å². The van der Waals surface area contributed by atoms with Crippen LogP contribution in [-0.4, -0.2) is 23.0 Å². The summed E-state index contributed by atoms with van der Waals surface area (Å²) in [5.74, 6) is 0. The van der Waals surface area contributed by atoms with Crippen LogP contribution in [0.25, 0.3) is 0 Å². The normalized spacial score (nSPS) is 18.3. The van der Waals surface area contributed by atoms with Crippen LogP contribution >= 0.6 is 11.3 Å². The van der Waals surface area contributed by atoms with Gasteiger partial charge in [0.15, 0.2) is 0 Å². The zero-order valence-corrected chi connectivity index (χ0v) is 18.7. The first-order chi connectivity index (χ1) is 12.5. The minimum atomic E-state index is 0.0307. The lowest BCUT2D eigenvalue weighted by molar-refractivity contribution is 0.436. The second-order valence-corrected chi connectivity index (χ2v) is 11.0. The van der Waals surface area contributed by atoms with Gasteiger partial charge in [-0.25, -0.2) is 4.98 Å². The van der Waals surface area contributed by atoms with Gasteiger partial charge in [0.25, 0.3) is 0 Å². The number of hydrogen-bond donors (Lipinski definition) is 0. The van der Waals surface area contributed by atoms with E-state index in [-0.39, 0.29) is 16.2 Å². The Kier molecular flexibility index (Phi) is 5.33. The van der Waals surface area contributed by atoms with E-state index < -0.39 is 0 Å². The molecule has 0 radical (unpaired) electrons. The molecule has 0 amide bonds. The van der Waals surface area contributed by atoms with E-state index in [0.717, 1.165) is 25.8 Å². The molecule has 3 nitrogen and oxygen atoms in total. The average molecular weight is 384 g/mol. The second kappa shape index (κ2) is 7.12. The number of hydrogen-bond acceptors (Lipinski definition) is 4. The number of aliphatic imine (C=N–C) groups is 2. The maximum Gasteiger partial charge on any atom is 0.0985 e. The summed E-state index contributed by atoms with van der Waals surface area (Å²) in [4.78, 5) is 14.3.